The van der Waals surface area contributed by atoms with Crippen LogP contribution in [0.3, 0.4) is 0 Å². The minimum absolute atomic E-state index is 0.0362. The molecule has 0 saturated carbocycles. The van der Waals surface area contributed by atoms with E-state index in [2.05, 4.69) is 5.32 Å². The first-order valence-corrected chi connectivity index (χ1v) is 10.3. The molecule has 2 aliphatic rings. The normalized spacial score (nSPS) is 25.0. The van der Waals surface area contributed by atoms with Crippen LogP contribution in [0.5, 0.6) is 0 Å². The Hall–Kier alpha value is -1.97. The molecule has 0 bridgehead atoms. The summed E-state index contributed by atoms with van der Waals surface area (Å²) in [6.45, 7) is 0.754. The van der Waals surface area contributed by atoms with Crippen LogP contribution in [0.4, 0.5) is 0 Å². The number of amides is 2. The minimum atomic E-state index is -3.51. The SMILES string of the molecule is NS(=O)(=O)CC1CCN(C(=O)[C@H]2OCC(=O)N[C@@H]2c2ccccc2)CC1. The number of carbonyl (C=O) groups is 2. The molecule has 2 atom stereocenters. The number of sulfonamides is 1. The number of nitrogens with two attached hydrogens (primary N) is 1. The number of carbonyl (C=O) groups excluding carboxylic acids is 2. The smallest absolute Gasteiger partial charge is 0.254 e. The second-order valence-electron chi connectivity index (χ2n) is 6.79. The highest BCUT2D eigenvalue weighted by atomic mass is 32.2. The lowest BCUT2D eigenvalue weighted by Crippen LogP contribution is -2.54. The van der Waals surface area contributed by atoms with E-state index in [1.165, 1.54) is 0 Å². The van der Waals surface area contributed by atoms with Gasteiger partial charge in [-0.2, -0.15) is 0 Å². The van der Waals surface area contributed by atoms with Crippen LogP contribution < -0.4 is 10.5 Å². The first-order chi connectivity index (χ1) is 12.3. The van der Waals surface area contributed by atoms with Crippen molar-refractivity contribution in [1.29, 1.82) is 0 Å². The average Bonchev–Trinajstić information content (AvgIpc) is 2.61. The van der Waals surface area contributed by atoms with Gasteiger partial charge in [0.1, 0.15) is 6.61 Å². The Labute approximate surface area is 152 Å². The number of likely N-dealkylation sites (tertiary alicyclic amines) is 1. The summed E-state index contributed by atoms with van der Waals surface area (Å²) < 4.78 is 28.0. The van der Waals surface area contributed by atoms with Crippen LogP contribution in [0.25, 0.3) is 0 Å². The number of piperidine rings is 1. The van der Waals surface area contributed by atoms with E-state index in [-0.39, 0.29) is 30.1 Å². The first kappa shape index (κ1) is 18.8. The van der Waals surface area contributed by atoms with Gasteiger partial charge < -0.3 is 15.0 Å². The molecule has 2 heterocycles. The quantitative estimate of drug-likeness (QED) is 0.747. The molecule has 3 N–H and O–H groups in total. The Kier molecular flexibility index (Phi) is 5.59. The molecule has 0 spiro atoms. The predicted octanol–water partition coefficient (Wildman–Crippen LogP) is -0.230. The van der Waals surface area contributed by atoms with Crippen molar-refractivity contribution in [2.24, 2.45) is 11.1 Å². The van der Waals surface area contributed by atoms with Crippen LogP contribution in [0.1, 0.15) is 24.4 Å². The van der Waals surface area contributed by atoms with Crippen LogP contribution >= 0.6 is 0 Å². The molecule has 0 aliphatic carbocycles. The molecular weight excluding hydrogens is 358 g/mol. The fourth-order valence-electron chi connectivity index (χ4n) is 3.51. The zero-order chi connectivity index (χ0) is 18.7. The van der Waals surface area contributed by atoms with Gasteiger partial charge >= 0.3 is 0 Å². The van der Waals surface area contributed by atoms with Gasteiger partial charge in [-0.25, -0.2) is 13.6 Å². The molecule has 1 aromatic carbocycles. The number of morpholine rings is 1. The number of rotatable bonds is 4. The van der Waals surface area contributed by atoms with Gasteiger partial charge in [-0.3, -0.25) is 9.59 Å². The van der Waals surface area contributed by atoms with Gasteiger partial charge in [0.2, 0.25) is 15.9 Å². The summed E-state index contributed by atoms with van der Waals surface area (Å²) in [4.78, 5) is 26.4. The molecule has 0 aromatic heterocycles. The Morgan fingerprint density at radius 1 is 1.23 bits per heavy atom. The summed E-state index contributed by atoms with van der Waals surface area (Å²) in [5.74, 6) is -0.536. The number of nitrogens with zero attached hydrogens (tertiary/aromatic N) is 1. The topological polar surface area (TPSA) is 119 Å². The molecule has 0 radical (unpaired) electrons. The molecule has 142 valence electrons. The fraction of sp³-hybridized carbons (Fsp3) is 0.529. The molecule has 9 heteroatoms. The van der Waals surface area contributed by atoms with Gasteiger partial charge in [-0.05, 0) is 24.3 Å². The van der Waals surface area contributed by atoms with Crippen LogP contribution in [0.2, 0.25) is 0 Å². The first-order valence-electron chi connectivity index (χ1n) is 8.58. The van der Waals surface area contributed by atoms with Gasteiger partial charge in [0.05, 0.1) is 11.8 Å². The number of benzene rings is 1. The molecule has 26 heavy (non-hydrogen) atoms. The summed E-state index contributed by atoms with van der Waals surface area (Å²) in [5.41, 5.74) is 0.808. The zero-order valence-corrected chi connectivity index (χ0v) is 15.2. The number of hydrogen-bond donors (Lipinski definition) is 2. The van der Waals surface area contributed by atoms with Crippen molar-refractivity contribution in [1.82, 2.24) is 10.2 Å². The van der Waals surface area contributed by atoms with E-state index in [0.717, 1.165) is 5.56 Å². The highest BCUT2D eigenvalue weighted by Gasteiger charge is 2.39. The summed E-state index contributed by atoms with van der Waals surface area (Å²) in [6.07, 6.45) is 0.374. The Morgan fingerprint density at radius 2 is 1.88 bits per heavy atom. The molecular formula is C17H23N3O5S. The van der Waals surface area contributed by atoms with Crippen LogP contribution in [0.15, 0.2) is 30.3 Å². The lowest BCUT2D eigenvalue weighted by molar-refractivity contribution is -0.156. The van der Waals surface area contributed by atoms with Crippen molar-refractivity contribution in [3.8, 4) is 0 Å². The van der Waals surface area contributed by atoms with Crippen LogP contribution in [0, 0.1) is 5.92 Å². The van der Waals surface area contributed by atoms with Gasteiger partial charge in [0.25, 0.3) is 5.91 Å². The maximum absolute atomic E-state index is 12.9. The van der Waals surface area contributed by atoms with Crippen molar-refractivity contribution >= 4 is 21.8 Å². The number of ether oxygens (including phenoxy) is 1. The molecule has 2 fully saturated rings. The second kappa shape index (κ2) is 7.73. The third-order valence-electron chi connectivity index (χ3n) is 4.81. The van der Waals surface area contributed by atoms with Gasteiger partial charge in [-0.15, -0.1) is 0 Å². The number of primary sulfonamides is 1. The molecule has 2 aliphatic heterocycles. The monoisotopic (exact) mass is 381 g/mol. The maximum Gasteiger partial charge on any atom is 0.254 e. The molecule has 2 saturated heterocycles. The van der Waals surface area contributed by atoms with E-state index in [1.54, 1.807) is 4.90 Å². The maximum atomic E-state index is 12.9. The predicted molar refractivity (Wildman–Crippen MR) is 94.3 cm³/mol. The lowest BCUT2D eigenvalue weighted by atomic mass is 9.95. The van der Waals surface area contributed by atoms with E-state index < -0.39 is 22.2 Å². The summed E-state index contributed by atoms with van der Waals surface area (Å²) in [6, 6.07) is 8.71. The molecule has 0 unspecified atom stereocenters. The van der Waals surface area contributed by atoms with Gasteiger partial charge in [0, 0.05) is 13.1 Å². The third-order valence-corrected chi connectivity index (χ3v) is 5.75. The minimum Gasteiger partial charge on any atom is -0.356 e. The summed E-state index contributed by atoms with van der Waals surface area (Å²) >= 11 is 0. The van der Waals surface area contributed by atoms with Crippen LogP contribution in [-0.4, -0.2) is 56.7 Å². The zero-order valence-electron chi connectivity index (χ0n) is 14.3. The van der Waals surface area contributed by atoms with Crippen molar-refractivity contribution in [2.75, 3.05) is 25.4 Å². The highest BCUT2D eigenvalue weighted by Crippen LogP contribution is 2.26. The molecule has 8 nitrogen and oxygen atoms in total. The van der Waals surface area contributed by atoms with Gasteiger partial charge in [0.15, 0.2) is 6.10 Å². The largest absolute Gasteiger partial charge is 0.356 e. The Bertz CT molecular complexity index is 760. The number of nitrogens with one attached hydrogen (secondary N) is 1. The Morgan fingerprint density at radius 3 is 2.50 bits per heavy atom. The standard InChI is InChI=1S/C17H23N3O5S/c18-26(23,24)11-12-6-8-20(9-7-12)17(22)16-15(19-14(21)10-25-16)13-4-2-1-3-5-13/h1-5,12,15-16H,6-11H2,(H,19,21)(H2,18,23,24)/t15-,16+/m1/s1. The van der Waals surface area contributed by atoms with E-state index in [4.69, 9.17) is 9.88 Å². The van der Waals surface area contributed by atoms with E-state index in [9.17, 15) is 18.0 Å². The third kappa shape index (κ3) is 4.60. The fourth-order valence-corrected chi connectivity index (χ4v) is 4.50. The van der Waals surface area contributed by atoms with E-state index in [0.29, 0.717) is 25.9 Å². The second-order valence-corrected chi connectivity index (χ2v) is 8.44. The van der Waals surface area contributed by atoms with Crippen LogP contribution in [-0.2, 0) is 24.3 Å². The average molecular weight is 381 g/mol. The molecule has 3 rings (SSSR count). The van der Waals surface area contributed by atoms with Crippen molar-refractivity contribution in [3.05, 3.63) is 35.9 Å². The Balaban J connectivity index is 1.67. The lowest BCUT2D eigenvalue weighted by Gasteiger charge is -2.38. The van der Waals surface area contributed by atoms with Gasteiger partial charge in [-0.1, -0.05) is 30.3 Å². The van der Waals surface area contributed by atoms with Crippen molar-refractivity contribution < 1.29 is 22.7 Å². The molecule has 2 amide bonds. The summed E-state index contributed by atoms with van der Waals surface area (Å²) in [7, 11) is -3.51. The number of hydrogen-bond acceptors (Lipinski definition) is 5. The van der Waals surface area contributed by atoms with Crippen molar-refractivity contribution in [2.45, 2.75) is 25.0 Å². The molecule has 1 aromatic rings. The highest BCUT2D eigenvalue weighted by molar-refractivity contribution is 7.89. The summed E-state index contributed by atoms with van der Waals surface area (Å²) in [5, 5.41) is 7.94. The van der Waals surface area contributed by atoms with Crippen molar-refractivity contribution in [3.63, 3.8) is 0 Å². The van der Waals surface area contributed by atoms with E-state index >= 15 is 0 Å². The van der Waals surface area contributed by atoms with E-state index in [1.807, 2.05) is 30.3 Å².